The first-order valence-corrected chi connectivity index (χ1v) is 20.0. The van der Waals surface area contributed by atoms with Gasteiger partial charge in [-0.25, -0.2) is 9.59 Å². The highest BCUT2D eigenvalue weighted by Gasteiger charge is 2.37. The van der Waals surface area contributed by atoms with Crippen LogP contribution >= 0.6 is 0 Å². The summed E-state index contributed by atoms with van der Waals surface area (Å²) in [6, 6.07) is 14.1. The van der Waals surface area contributed by atoms with Crippen molar-refractivity contribution in [2.75, 3.05) is 119 Å². The van der Waals surface area contributed by atoms with Gasteiger partial charge in [-0.3, -0.25) is 14.4 Å². The fraction of sp³-hybridized carbons (Fsp3) is 0.585. The van der Waals surface area contributed by atoms with Crippen LogP contribution in [0.3, 0.4) is 0 Å². The first-order chi connectivity index (χ1) is 29.8. The summed E-state index contributed by atoms with van der Waals surface area (Å²) < 4.78 is 53.6. The Hall–Kier alpha value is -4.93. The van der Waals surface area contributed by atoms with Crippen molar-refractivity contribution in [1.82, 2.24) is 21.3 Å². The molecule has 0 saturated heterocycles. The predicted molar refractivity (Wildman–Crippen MR) is 218 cm³/mol. The van der Waals surface area contributed by atoms with Gasteiger partial charge in [0.2, 0.25) is 11.8 Å². The molecule has 4 amide bonds. The van der Waals surface area contributed by atoms with Gasteiger partial charge < -0.3 is 73.7 Å². The van der Waals surface area contributed by atoms with Gasteiger partial charge in [-0.2, -0.15) is 0 Å². The third-order valence-corrected chi connectivity index (χ3v) is 7.95. The molecule has 0 aromatic heterocycles. The number of carbonyl (C=O) groups excluding carboxylic acids is 4. The number of ether oxygens (including phenoxy) is 10. The molecule has 0 aliphatic heterocycles. The van der Waals surface area contributed by atoms with Crippen LogP contribution in [0.1, 0.15) is 24.0 Å². The standard InChI is InChI=1S/C41H62N4O16/c1-52-17-18-54-21-22-56-25-26-58-29-30-59-28-27-57-24-23-55-20-19-53-16-15-43-39(49)37(45-41(51)61-32-34-11-6-3-7-12-34)36(38(48)42-14-8-13-35(46)47)44-40(50)60-31-33-9-4-2-5-10-33/h2-7,9-12,36-37H,8,13-32H2,1H3,(H,42,48)(H,43,49)(H,44,50)(H,45,51)(H,46,47)/t36-,37-/m1/s1. The topological polar surface area (TPSA) is 246 Å². The maximum Gasteiger partial charge on any atom is 0.408 e. The lowest BCUT2D eigenvalue weighted by molar-refractivity contribution is -0.137. The lowest BCUT2D eigenvalue weighted by atomic mass is 10.1. The molecule has 0 unspecified atom stereocenters. The molecule has 0 aliphatic rings. The zero-order valence-electron chi connectivity index (χ0n) is 34.8. The summed E-state index contributed by atoms with van der Waals surface area (Å²) in [6.45, 7) is 5.51. The molecule has 20 nitrogen and oxygen atoms in total. The Morgan fingerprint density at radius 2 is 0.836 bits per heavy atom. The summed E-state index contributed by atoms with van der Waals surface area (Å²) in [5, 5.41) is 18.8. The van der Waals surface area contributed by atoms with Gasteiger partial charge in [-0.15, -0.1) is 0 Å². The lowest BCUT2D eigenvalue weighted by Crippen LogP contribution is -2.64. The van der Waals surface area contributed by atoms with E-state index in [4.69, 9.17) is 52.5 Å². The zero-order chi connectivity index (χ0) is 44.0. The van der Waals surface area contributed by atoms with Crippen LogP contribution in [0, 0.1) is 0 Å². The molecule has 20 heteroatoms. The van der Waals surface area contributed by atoms with Crippen LogP contribution in [-0.4, -0.2) is 166 Å². The normalized spacial score (nSPS) is 11.9. The van der Waals surface area contributed by atoms with Crippen molar-refractivity contribution in [3.63, 3.8) is 0 Å². The molecule has 0 saturated carbocycles. The Labute approximate surface area is 356 Å². The number of benzene rings is 2. The number of carboxylic acids is 1. The lowest BCUT2D eigenvalue weighted by Gasteiger charge is -2.27. The van der Waals surface area contributed by atoms with E-state index < -0.39 is 42.1 Å². The summed E-state index contributed by atoms with van der Waals surface area (Å²) in [7, 11) is 1.62. The van der Waals surface area contributed by atoms with Crippen molar-refractivity contribution in [3.05, 3.63) is 71.8 Å². The van der Waals surface area contributed by atoms with Gasteiger partial charge >= 0.3 is 18.2 Å². The van der Waals surface area contributed by atoms with Crippen LogP contribution in [0.4, 0.5) is 9.59 Å². The molecule has 0 heterocycles. The summed E-state index contributed by atoms with van der Waals surface area (Å²) in [4.78, 5) is 63.8. The molecule has 0 radical (unpaired) electrons. The van der Waals surface area contributed by atoms with Gasteiger partial charge in [0, 0.05) is 26.6 Å². The quantitative estimate of drug-likeness (QED) is 0.0603. The minimum absolute atomic E-state index is 0.0332. The van der Waals surface area contributed by atoms with Crippen molar-refractivity contribution in [2.45, 2.75) is 38.1 Å². The molecule has 2 atom stereocenters. The SMILES string of the molecule is COCCOCCOCCOCCOCCOCCOCCOCCNC(=O)[C@H](NC(=O)OCc1ccccc1)[C@@H](NC(=O)OCc1ccccc1)C(=O)NCCCC(=O)O. The minimum atomic E-state index is -1.70. The van der Waals surface area contributed by atoms with Crippen LogP contribution in [0.25, 0.3) is 0 Å². The fourth-order valence-corrected chi connectivity index (χ4v) is 4.87. The summed E-state index contributed by atoms with van der Waals surface area (Å²) >= 11 is 0. The maximum absolute atomic E-state index is 13.6. The maximum atomic E-state index is 13.6. The molecule has 2 aromatic rings. The van der Waals surface area contributed by atoms with Crippen molar-refractivity contribution < 1.29 is 76.4 Å². The predicted octanol–water partition coefficient (Wildman–Crippen LogP) is 1.44. The zero-order valence-corrected chi connectivity index (χ0v) is 34.8. The summed E-state index contributed by atoms with van der Waals surface area (Å²) in [6.07, 6.45) is -2.26. The number of hydrogen-bond donors (Lipinski definition) is 5. The molecule has 0 spiro atoms. The Balaban J connectivity index is 1.74. The van der Waals surface area contributed by atoms with Crippen molar-refractivity contribution >= 4 is 30.0 Å². The van der Waals surface area contributed by atoms with E-state index in [1.54, 1.807) is 67.8 Å². The highest BCUT2D eigenvalue weighted by Crippen LogP contribution is 2.05. The van der Waals surface area contributed by atoms with Crippen LogP contribution < -0.4 is 21.3 Å². The van der Waals surface area contributed by atoms with E-state index in [-0.39, 0.29) is 59.0 Å². The second-order valence-electron chi connectivity index (χ2n) is 12.7. The van der Waals surface area contributed by atoms with Gasteiger partial charge in [0.05, 0.1) is 99.1 Å². The first-order valence-electron chi connectivity index (χ1n) is 20.0. The Morgan fingerprint density at radius 3 is 1.20 bits per heavy atom. The minimum Gasteiger partial charge on any atom is -0.481 e. The highest BCUT2D eigenvalue weighted by atomic mass is 16.6. The van der Waals surface area contributed by atoms with Crippen molar-refractivity contribution in [1.29, 1.82) is 0 Å². The van der Waals surface area contributed by atoms with E-state index in [1.165, 1.54) is 0 Å². The van der Waals surface area contributed by atoms with E-state index in [1.807, 2.05) is 0 Å². The second kappa shape index (κ2) is 35.8. The number of rotatable bonds is 37. The third-order valence-electron chi connectivity index (χ3n) is 7.95. The number of methoxy groups -OCH3 is 1. The van der Waals surface area contributed by atoms with Gasteiger partial charge in [0.25, 0.3) is 0 Å². The number of aliphatic carboxylic acids is 1. The number of nitrogens with one attached hydrogen (secondary N) is 4. The van der Waals surface area contributed by atoms with Gasteiger partial charge in [-0.1, -0.05) is 60.7 Å². The largest absolute Gasteiger partial charge is 0.481 e. The van der Waals surface area contributed by atoms with Gasteiger partial charge in [-0.05, 0) is 17.5 Å². The Morgan fingerprint density at radius 1 is 0.492 bits per heavy atom. The monoisotopic (exact) mass is 866 g/mol. The fourth-order valence-electron chi connectivity index (χ4n) is 4.87. The van der Waals surface area contributed by atoms with Gasteiger partial charge in [0.15, 0.2) is 0 Å². The second-order valence-corrected chi connectivity index (χ2v) is 12.7. The third kappa shape index (κ3) is 28.3. The smallest absolute Gasteiger partial charge is 0.408 e. The molecular weight excluding hydrogens is 804 g/mol. The van der Waals surface area contributed by atoms with E-state index in [9.17, 15) is 24.0 Å². The molecular formula is C41H62N4O16. The molecule has 5 N–H and O–H groups in total. The molecule has 0 aliphatic carbocycles. The molecule has 342 valence electrons. The van der Waals surface area contributed by atoms with Crippen LogP contribution in [0.2, 0.25) is 0 Å². The average Bonchev–Trinajstić information content (AvgIpc) is 3.26. The molecule has 2 rings (SSSR count). The Bertz CT molecular complexity index is 1460. The number of alkyl carbamates (subject to hydrolysis) is 2. The van der Waals surface area contributed by atoms with Crippen LogP contribution in [0.5, 0.6) is 0 Å². The number of hydrogen-bond acceptors (Lipinski definition) is 15. The van der Waals surface area contributed by atoms with Crippen LogP contribution in [-0.2, 0) is 75.0 Å². The van der Waals surface area contributed by atoms with E-state index in [0.717, 1.165) is 0 Å². The number of carboxylic acid groups (broad SMARTS) is 1. The van der Waals surface area contributed by atoms with Gasteiger partial charge in [0.1, 0.15) is 25.3 Å². The molecule has 2 aromatic carbocycles. The number of amides is 4. The van der Waals surface area contributed by atoms with E-state index in [0.29, 0.717) is 90.4 Å². The molecule has 0 fully saturated rings. The molecule has 61 heavy (non-hydrogen) atoms. The highest BCUT2D eigenvalue weighted by molar-refractivity contribution is 5.96. The van der Waals surface area contributed by atoms with Crippen LogP contribution in [0.15, 0.2) is 60.7 Å². The average molecular weight is 867 g/mol. The van der Waals surface area contributed by atoms with Crippen molar-refractivity contribution in [3.8, 4) is 0 Å². The van der Waals surface area contributed by atoms with E-state index in [2.05, 4.69) is 21.3 Å². The first kappa shape index (κ1) is 52.2. The number of carbonyl (C=O) groups is 5. The summed E-state index contributed by atoms with van der Waals surface area (Å²) in [5.74, 6) is -2.79. The van der Waals surface area contributed by atoms with E-state index >= 15 is 0 Å². The Kier molecular flexibility index (Phi) is 30.6. The molecule has 0 bridgehead atoms. The summed E-state index contributed by atoms with van der Waals surface area (Å²) in [5.41, 5.74) is 1.33. The van der Waals surface area contributed by atoms with Crippen molar-refractivity contribution in [2.24, 2.45) is 0 Å².